The van der Waals surface area contributed by atoms with Crippen LogP contribution in [0, 0.1) is 0 Å². The molecule has 120 valence electrons. The molecular formula is C15H25BrN2O2S. The molecule has 0 aliphatic heterocycles. The van der Waals surface area contributed by atoms with Crippen LogP contribution in [0.4, 0.5) is 5.69 Å². The van der Waals surface area contributed by atoms with Gasteiger partial charge in [0.1, 0.15) is 9.84 Å². The lowest BCUT2D eigenvalue weighted by Gasteiger charge is -2.22. The van der Waals surface area contributed by atoms with Crippen LogP contribution < -0.4 is 10.2 Å². The predicted molar refractivity (Wildman–Crippen MR) is 93.8 cm³/mol. The van der Waals surface area contributed by atoms with Crippen molar-refractivity contribution in [2.45, 2.75) is 26.3 Å². The zero-order chi connectivity index (χ0) is 16.0. The fourth-order valence-corrected chi connectivity index (χ4v) is 3.31. The molecule has 0 bridgehead atoms. The Balaban J connectivity index is 2.77. The predicted octanol–water partition coefficient (Wildman–Crippen LogP) is 2.99. The first kappa shape index (κ1) is 18.5. The summed E-state index contributed by atoms with van der Waals surface area (Å²) < 4.78 is 23.5. The first-order chi connectivity index (χ1) is 9.74. The van der Waals surface area contributed by atoms with E-state index in [1.807, 2.05) is 18.0 Å². The van der Waals surface area contributed by atoms with Gasteiger partial charge in [-0.15, -0.1) is 0 Å². The standard InChI is InChI=1S/C15H25BrN2O2S/c1-5-8-17-12(2)13-6-7-15(14(16)11-13)18(3)9-10-21(4,19)20/h6-7,11-12,17H,5,8-10H2,1-4H3. The molecule has 1 N–H and O–H groups in total. The van der Waals surface area contributed by atoms with Crippen molar-refractivity contribution >= 4 is 31.5 Å². The Labute approximate surface area is 137 Å². The van der Waals surface area contributed by atoms with E-state index >= 15 is 0 Å². The van der Waals surface area contributed by atoms with Crippen LogP contribution in [0.15, 0.2) is 22.7 Å². The highest BCUT2D eigenvalue weighted by atomic mass is 79.9. The molecule has 1 rings (SSSR count). The van der Waals surface area contributed by atoms with Gasteiger partial charge >= 0.3 is 0 Å². The Morgan fingerprint density at radius 2 is 2.05 bits per heavy atom. The monoisotopic (exact) mass is 376 g/mol. The van der Waals surface area contributed by atoms with Crippen LogP contribution in [-0.2, 0) is 9.84 Å². The summed E-state index contributed by atoms with van der Waals surface area (Å²) in [6, 6.07) is 6.52. The maximum atomic E-state index is 11.2. The first-order valence-corrected chi connectivity index (χ1v) is 10.0. The topological polar surface area (TPSA) is 49.4 Å². The summed E-state index contributed by atoms with van der Waals surface area (Å²) >= 11 is 3.59. The zero-order valence-corrected chi connectivity index (χ0v) is 15.6. The molecule has 0 aliphatic rings. The van der Waals surface area contributed by atoms with Crippen LogP contribution in [0.5, 0.6) is 0 Å². The molecule has 0 heterocycles. The Morgan fingerprint density at radius 3 is 2.57 bits per heavy atom. The number of anilines is 1. The van der Waals surface area contributed by atoms with E-state index in [-0.39, 0.29) is 5.75 Å². The Bertz CT molecular complexity index is 561. The van der Waals surface area contributed by atoms with E-state index in [1.165, 1.54) is 11.8 Å². The van der Waals surface area contributed by atoms with Gasteiger partial charge in [-0.2, -0.15) is 0 Å². The van der Waals surface area contributed by atoms with Crippen molar-refractivity contribution in [1.29, 1.82) is 0 Å². The molecule has 0 radical (unpaired) electrons. The summed E-state index contributed by atoms with van der Waals surface area (Å²) in [4.78, 5) is 1.96. The van der Waals surface area contributed by atoms with Gasteiger partial charge in [-0.25, -0.2) is 8.42 Å². The molecule has 6 heteroatoms. The van der Waals surface area contributed by atoms with Crippen LogP contribution in [0.1, 0.15) is 31.9 Å². The Morgan fingerprint density at radius 1 is 1.38 bits per heavy atom. The van der Waals surface area contributed by atoms with Crippen LogP contribution in [0.25, 0.3) is 0 Å². The summed E-state index contributed by atoms with van der Waals surface area (Å²) in [6.45, 7) is 5.77. The van der Waals surface area contributed by atoms with E-state index in [0.717, 1.165) is 23.1 Å². The second kappa shape index (κ2) is 8.15. The van der Waals surface area contributed by atoms with Gasteiger partial charge in [-0.1, -0.05) is 13.0 Å². The Kier molecular flexibility index (Phi) is 7.16. The summed E-state index contributed by atoms with van der Waals surface area (Å²) in [5.74, 6) is 0.159. The fraction of sp³-hybridized carbons (Fsp3) is 0.600. The molecular weight excluding hydrogens is 352 g/mol. The fourth-order valence-electron chi connectivity index (χ4n) is 2.00. The van der Waals surface area contributed by atoms with Gasteiger partial charge < -0.3 is 10.2 Å². The van der Waals surface area contributed by atoms with Gasteiger partial charge in [0.25, 0.3) is 0 Å². The van der Waals surface area contributed by atoms with Crippen molar-refractivity contribution in [3.8, 4) is 0 Å². The average molecular weight is 377 g/mol. The molecule has 0 amide bonds. The summed E-state index contributed by atoms with van der Waals surface area (Å²) in [5, 5.41) is 3.46. The van der Waals surface area contributed by atoms with E-state index in [4.69, 9.17) is 0 Å². The maximum absolute atomic E-state index is 11.2. The van der Waals surface area contributed by atoms with Crippen molar-refractivity contribution in [2.75, 3.05) is 37.0 Å². The maximum Gasteiger partial charge on any atom is 0.149 e. The molecule has 0 saturated heterocycles. The van der Waals surface area contributed by atoms with E-state index in [9.17, 15) is 8.42 Å². The minimum Gasteiger partial charge on any atom is -0.373 e. The normalized spacial score (nSPS) is 13.2. The van der Waals surface area contributed by atoms with Crippen LogP contribution in [0.3, 0.4) is 0 Å². The highest BCUT2D eigenvalue weighted by Gasteiger charge is 2.11. The largest absolute Gasteiger partial charge is 0.373 e. The third-order valence-corrected chi connectivity index (χ3v) is 4.94. The van der Waals surface area contributed by atoms with Crippen molar-refractivity contribution in [3.63, 3.8) is 0 Å². The second-order valence-electron chi connectivity index (χ2n) is 5.44. The lowest BCUT2D eigenvalue weighted by Crippen LogP contribution is -2.25. The zero-order valence-electron chi connectivity index (χ0n) is 13.2. The van der Waals surface area contributed by atoms with Gasteiger partial charge in [0.15, 0.2) is 0 Å². The van der Waals surface area contributed by atoms with E-state index < -0.39 is 9.84 Å². The van der Waals surface area contributed by atoms with Crippen LogP contribution >= 0.6 is 15.9 Å². The quantitative estimate of drug-likeness (QED) is 0.757. The summed E-state index contributed by atoms with van der Waals surface area (Å²) in [6.07, 6.45) is 2.37. The molecule has 1 unspecified atom stereocenters. The van der Waals surface area contributed by atoms with Gasteiger partial charge in [-0.05, 0) is 53.5 Å². The number of halogens is 1. The molecule has 0 saturated carbocycles. The molecule has 1 atom stereocenters. The van der Waals surface area contributed by atoms with Crippen molar-refractivity contribution in [3.05, 3.63) is 28.2 Å². The number of hydrogen-bond donors (Lipinski definition) is 1. The van der Waals surface area contributed by atoms with E-state index in [0.29, 0.717) is 12.6 Å². The van der Waals surface area contributed by atoms with Crippen molar-refractivity contribution < 1.29 is 8.42 Å². The molecule has 0 aliphatic carbocycles. The number of rotatable bonds is 8. The van der Waals surface area contributed by atoms with Gasteiger partial charge in [-0.3, -0.25) is 0 Å². The number of hydrogen-bond acceptors (Lipinski definition) is 4. The van der Waals surface area contributed by atoms with E-state index in [2.05, 4.69) is 47.2 Å². The molecule has 1 aromatic carbocycles. The number of nitrogens with zero attached hydrogens (tertiary/aromatic N) is 1. The molecule has 0 fully saturated rings. The molecule has 21 heavy (non-hydrogen) atoms. The summed E-state index contributed by atoms with van der Waals surface area (Å²) in [7, 11) is -1.03. The minimum atomic E-state index is -2.94. The van der Waals surface area contributed by atoms with Crippen LogP contribution in [-0.4, -0.2) is 40.6 Å². The SMILES string of the molecule is CCCNC(C)c1ccc(N(C)CCS(C)(=O)=O)c(Br)c1. The third-order valence-electron chi connectivity index (χ3n) is 3.38. The van der Waals surface area contributed by atoms with Gasteiger partial charge in [0.2, 0.25) is 0 Å². The molecule has 0 aromatic heterocycles. The van der Waals surface area contributed by atoms with Gasteiger partial charge in [0, 0.05) is 30.4 Å². The smallest absolute Gasteiger partial charge is 0.149 e. The minimum absolute atomic E-state index is 0.159. The van der Waals surface area contributed by atoms with Crippen molar-refractivity contribution in [2.24, 2.45) is 0 Å². The number of sulfone groups is 1. The van der Waals surface area contributed by atoms with Crippen molar-refractivity contribution in [1.82, 2.24) is 5.32 Å². The van der Waals surface area contributed by atoms with Crippen LogP contribution in [0.2, 0.25) is 0 Å². The lowest BCUT2D eigenvalue weighted by atomic mass is 10.1. The highest BCUT2D eigenvalue weighted by Crippen LogP contribution is 2.28. The third kappa shape index (κ3) is 6.36. The number of benzene rings is 1. The molecule has 4 nitrogen and oxygen atoms in total. The molecule has 0 spiro atoms. The molecule has 1 aromatic rings. The second-order valence-corrected chi connectivity index (χ2v) is 8.55. The van der Waals surface area contributed by atoms with E-state index in [1.54, 1.807) is 0 Å². The first-order valence-electron chi connectivity index (χ1n) is 7.16. The Hall–Kier alpha value is -0.590. The number of nitrogens with one attached hydrogen (secondary N) is 1. The van der Waals surface area contributed by atoms with Gasteiger partial charge in [0.05, 0.1) is 11.4 Å². The average Bonchev–Trinajstić information content (AvgIpc) is 2.41. The highest BCUT2D eigenvalue weighted by molar-refractivity contribution is 9.10. The summed E-state index contributed by atoms with van der Waals surface area (Å²) in [5.41, 5.74) is 2.22. The lowest BCUT2D eigenvalue weighted by molar-refractivity contribution is 0.570.